The van der Waals surface area contributed by atoms with Crippen molar-refractivity contribution < 1.29 is 9.90 Å². The van der Waals surface area contributed by atoms with Crippen molar-refractivity contribution in [1.29, 1.82) is 0 Å². The zero-order valence-corrected chi connectivity index (χ0v) is 11.9. The van der Waals surface area contributed by atoms with Crippen molar-refractivity contribution in [3.8, 4) is 5.75 Å². The molecule has 3 nitrogen and oxygen atoms in total. The highest BCUT2D eigenvalue weighted by Gasteiger charge is 2.22. The highest BCUT2D eigenvalue weighted by molar-refractivity contribution is 5.94. The number of carbonyl (C=O) groups is 1. The van der Waals surface area contributed by atoms with Crippen molar-refractivity contribution in [2.24, 2.45) is 5.92 Å². The lowest BCUT2D eigenvalue weighted by molar-refractivity contribution is 0.101. The lowest BCUT2D eigenvalue weighted by Crippen LogP contribution is -2.20. The molecule has 1 fully saturated rings. The Labute approximate surface area is 115 Å². The average molecular weight is 261 g/mol. The Bertz CT molecular complexity index is 456. The van der Waals surface area contributed by atoms with Gasteiger partial charge in [0.2, 0.25) is 0 Å². The fourth-order valence-electron chi connectivity index (χ4n) is 2.87. The Balaban J connectivity index is 2.03. The number of nitrogens with zero attached hydrogens (tertiary/aromatic N) is 1. The van der Waals surface area contributed by atoms with E-state index in [-0.39, 0.29) is 5.78 Å². The highest BCUT2D eigenvalue weighted by Crippen LogP contribution is 2.26. The topological polar surface area (TPSA) is 40.5 Å². The van der Waals surface area contributed by atoms with Crippen LogP contribution in [-0.2, 0) is 6.54 Å². The molecule has 0 aliphatic carbocycles. The van der Waals surface area contributed by atoms with Gasteiger partial charge < -0.3 is 5.11 Å². The highest BCUT2D eigenvalue weighted by atomic mass is 16.3. The summed E-state index contributed by atoms with van der Waals surface area (Å²) in [4.78, 5) is 13.8. The number of Topliss-reactive ketones (excluding diaryl/α,β-unsaturated/α-hetero) is 1. The molecule has 0 spiro atoms. The fourth-order valence-corrected chi connectivity index (χ4v) is 2.87. The third-order valence-corrected chi connectivity index (χ3v) is 3.95. The van der Waals surface area contributed by atoms with Gasteiger partial charge in [0, 0.05) is 24.2 Å². The molecule has 2 rings (SSSR count). The molecule has 1 aliphatic heterocycles. The van der Waals surface area contributed by atoms with Gasteiger partial charge in [0.25, 0.3) is 0 Å². The number of carbonyl (C=O) groups excluding carboxylic acids is 1. The van der Waals surface area contributed by atoms with Gasteiger partial charge in [-0.05, 0) is 50.4 Å². The van der Waals surface area contributed by atoms with Crippen molar-refractivity contribution >= 4 is 5.78 Å². The van der Waals surface area contributed by atoms with Gasteiger partial charge in [-0.3, -0.25) is 9.69 Å². The Morgan fingerprint density at radius 3 is 2.95 bits per heavy atom. The summed E-state index contributed by atoms with van der Waals surface area (Å²) in [6.07, 6.45) is 3.78. The minimum atomic E-state index is 0.0477. The number of hydrogen-bond acceptors (Lipinski definition) is 3. The van der Waals surface area contributed by atoms with Crippen LogP contribution in [0.1, 0.15) is 49.0 Å². The van der Waals surface area contributed by atoms with Gasteiger partial charge in [0.05, 0.1) is 0 Å². The number of benzene rings is 1. The predicted octanol–water partition coefficient (Wildman–Crippen LogP) is 3.22. The van der Waals surface area contributed by atoms with E-state index in [9.17, 15) is 9.90 Å². The van der Waals surface area contributed by atoms with Crippen LogP contribution in [-0.4, -0.2) is 28.9 Å². The van der Waals surface area contributed by atoms with Crippen LogP contribution in [0.3, 0.4) is 0 Å². The fraction of sp³-hybridized carbons (Fsp3) is 0.562. The first-order valence-electron chi connectivity index (χ1n) is 7.15. The molecule has 19 heavy (non-hydrogen) atoms. The van der Waals surface area contributed by atoms with Crippen LogP contribution in [0.15, 0.2) is 18.2 Å². The molecule has 0 bridgehead atoms. The average Bonchev–Trinajstić information content (AvgIpc) is 2.80. The molecule has 0 saturated carbocycles. The second-order valence-electron chi connectivity index (χ2n) is 5.58. The number of phenols is 1. The minimum absolute atomic E-state index is 0.0477. The molecule has 3 heteroatoms. The van der Waals surface area contributed by atoms with E-state index in [1.807, 2.05) is 6.07 Å². The zero-order valence-electron chi connectivity index (χ0n) is 11.9. The third-order valence-electron chi connectivity index (χ3n) is 3.95. The molecule has 104 valence electrons. The van der Waals surface area contributed by atoms with Crippen molar-refractivity contribution in [2.75, 3.05) is 13.1 Å². The summed E-state index contributed by atoms with van der Waals surface area (Å²) in [5.41, 5.74) is 1.54. The van der Waals surface area contributed by atoms with Crippen LogP contribution >= 0.6 is 0 Å². The SMILES string of the molecule is CCCC1CCN(Cc2cc(C(C)=O)ccc2O)C1. The van der Waals surface area contributed by atoms with Gasteiger partial charge in [-0.25, -0.2) is 0 Å². The molecule has 1 atom stereocenters. The molecule has 1 N–H and O–H groups in total. The standard InChI is InChI=1S/C16H23NO2/c1-3-4-13-7-8-17(10-13)11-15-9-14(12(2)18)5-6-16(15)19/h5-6,9,13,19H,3-4,7-8,10-11H2,1-2H3. The van der Waals surface area contributed by atoms with Crippen LogP contribution in [0.2, 0.25) is 0 Å². The predicted molar refractivity (Wildman–Crippen MR) is 76.4 cm³/mol. The maximum Gasteiger partial charge on any atom is 0.159 e. The number of ketones is 1. The second-order valence-corrected chi connectivity index (χ2v) is 5.58. The summed E-state index contributed by atoms with van der Waals surface area (Å²) in [5, 5.41) is 9.91. The lowest BCUT2D eigenvalue weighted by atomic mass is 10.0. The molecule has 1 aromatic carbocycles. The van der Waals surface area contributed by atoms with Gasteiger partial charge in [0.15, 0.2) is 5.78 Å². The van der Waals surface area contributed by atoms with Crippen LogP contribution in [0.5, 0.6) is 5.75 Å². The van der Waals surface area contributed by atoms with Crippen molar-refractivity contribution in [2.45, 2.75) is 39.7 Å². The number of aromatic hydroxyl groups is 1. The monoisotopic (exact) mass is 261 g/mol. The Morgan fingerprint density at radius 2 is 2.26 bits per heavy atom. The lowest BCUT2D eigenvalue weighted by Gasteiger charge is -2.17. The normalized spacial score (nSPS) is 19.8. The van der Waals surface area contributed by atoms with E-state index in [2.05, 4.69) is 11.8 Å². The van der Waals surface area contributed by atoms with E-state index >= 15 is 0 Å². The molecule has 1 aliphatic rings. The molecule has 1 saturated heterocycles. The van der Waals surface area contributed by atoms with Crippen LogP contribution in [0.4, 0.5) is 0 Å². The van der Waals surface area contributed by atoms with Crippen LogP contribution < -0.4 is 0 Å². The Morgan fingerprint density at radius 1 is 1.47 bits per heavy atom. The zero-order chi connectivity index (χ0) is 13.8. The van der Waals surface area contributed by atoms with Crippen LogP contribution in [0, 0.1) is 5.92 Å². The number of rotatable bonds is 5. The molecule has 0 aromatic heterocycles. The molecule has 0 radical (unpaired) electrons. The van der Waals surface area contributed by atoms with Gasteiger partial charge >= 0.3 is 0 Å². The van der Waals surface area contributed by atoms with Gasteiger partial charge in [-0.1, -0.05) is 13.3 Å². The summed E-state index contributed by atoms with van der Waals surface area (Å²) in [7, 11) is 0. The minimum Gasteiger partial charge on any atom is -0.508 e. The van der Waals surface area contributed by atoms with E-state index in [0.717, 1.165) is 31.1 Å². The third kappa shape index (κ3) is 3.57. The first-order chi connectivity index (χ1) is 9.10. The van der Waals surface area contributed by atoms with E-state index in [4.69, 9.17) is 0 Å². The molecule has 0 amide bonds. The smallest absolute Gasteiger partial charge is 0.159 e. The van der Waals surface area contributed by atoms with Gasteiger partial charge in [0.1, 0.15) is 5.75 Å². The van der Waals surface area contributed by atoms with E-state index in [1.54, 1.807) is 19.1 Å². The van der Waals surface area contributed by atoms with Crippen molar-refractivity contribution in [3.63, 3.8) is 0 Å². The van der Waals surface area contributed by atoms with Crippen molar-refractivity contribution in [3.05, 3.63) is 29.3 Å². The molecular weight excluding hydrogens is 238 g/mol. The summed E-state index contributed by atoms with van der Waals surface area (Å²) >= 11 is 0. The summed E-state index contributed by atoms with van der Waals surface area (Å²) in [6, 6.07) is 5.14. The Hall–Kier alpha value is -1.35. The number of phenolic OH excluding ortho intramolecular Hbond substituents is 1. The molecule has 1 heterocycles. The molecular formula is C16H23NO2. The maximum absolute atomic E-state index is 11.4. The Kier molecular flexibility index (Phi) is 4.59. The first-order valence-corrected chi connectivity index (χ1v) is 7.15. The summed E-state index contributed by atoms with van der Waals surface area (Å²) < 4.78 is 0. The summed E-state index contributed by atoms with van der Waals surface area (Å²) in [6.45, 7) is 6.73. The first kappa shape index (κ1) is 14.1. The molecule has 1 aromatic rings. The summed E-state index contributed by atoms with van der Waals surface area (Å²) in [5.74, 6) is 1.14. The van der Waals surface area contributed by atoms with Crippen molar-refractivity contribution in [1.82, 2.24) is 4.90 Å². The largest absolute Gasteiger partial charge is 0.508 e. The number of likely N-dealkylation sites (tertiary alicyclic amines) is 1. The number of hydrogen-bond donors (Lipinski definition) is 1. The van der Waals surface area contributed by atoms with E-state index in [0.29, 0.717) is 11.3 Å². The molecule has 1 unspecified atom stereocenters. The second kappa shape index (κ2) is 6.20. The quantitative estimate of drug-likeness (QED) is 0.827. The van der Waals surface area contributed by atoms with E-state index in [1.165, 1.54) is 19.3 Å². The maximum atomic E-state index is 11.4. The van der Waals surface area contributed by atoms with Gasteiger partial charge in [-0.15, -0.1) is 0 Å². The van der Waals surface area contributed by atoms with Gasteiger partial charge in [-0.2, -0.15) is 0 Å². The van der Waals surface area contributed by atoms with Crippen LogP contribution in [0.25, 0.3) is 0 Å². The van der Waals surface area contributed by atoms with E-state index < -0.39 is 0 Å².